The molecule has 1 amide bonds. The van der Waals surface area contributed by atoms with Crippen LogP contribution in [-0.4, -0.2) is 64.9 Å². The van der Waals surface area contributed by atoms with Crippen molar-refractivity contribution in [2.45, 2.75) is 116 Å². The summed E-state index contributed by atoms with van der Waals surface area (Å²) in [6.07, 6.45) is 14.5. The highest BCUT2D eigenvalue weighted by Gasteiger charge is 2.28. The quantitative estimate of drug-likeness (QED) is 0.0796. The van der Waals surface area contributed by atoms with Crippen LogP contribution < -0.4 is 5.32 Å². The molecule has 0 aliphatic carbocycles. The molecule has 0 rings (SSSR count). The van der Waals surface area contributed by atoms with Crippen molar-refractivity contribution in [1.29, 1.82) is 0 Å². The second-order valence-corrected chi connectivity index (χ2v) is 10.4. The molecule has 0 saturated carbocycles. The van der Waals surface area contributed by atoms with Gasteiger partial charge in [0.1, 0.15) is 12.7 Å². The van der Waals surface area contributed by atoms with E-state index in [1.54, 1.807) is 0 Å². The van der Waals surface area contributed by atoms with Gasteiger partial charge in [-0.1, -0.05) is 84.0 Å². The number of carboxylic acid groups (broad SMARTS) is 1. The molecule has 3 unspecified atom stereocenters. The van der Waals surface area contributed by atoms with Crippen LogP contribution in [0.4, 0.5) is 0 Å². The van der Waals surface area contributed by atoms with Crippen molar-refractivity contribution < 1.29 is 47.8 Å². The summed E-state index contributed by atoms with van der Waals surface area (Å²) in [5, 5.41) is 20.8. The fourth-order valence-corrected chi connectivity index (χ4v) is 4.18. The van der Waals surface area contributed by atoms with E-state index in [0.29, 0.717) is 6.42 Å². The van der Waals surface area contributed by atoms with Crippen LogP contribution in [0.3, 0.4) is 0 Å². The summed E-state index contributed by atoms with van der Waals surface area (Å²) in [7, 11) is -4.69. The zero-order chi connectivity index (χ0) is 27.2. The summed E-state index contributed by atoms with van der Waals surface area (Å²) in [6, 6.07) is -1.54. The second-order valence-electron chi connectivity index (χ2n) is 8.98. The van der Waals surface area contributed by atoms with Crippen LogP contribution in [0.15, 0.2) is 0 Å². The van der Waals surface area contributed by atoms with Gasteiger partial charge in [0, 0.05) is 13.3 Å². The van der Waals surface area contributed by atoms with Crippen molar-refractivity contribution in [1.82, 2.24) is 5.32 Å². The van der Waals surface area contributed by atoms with Crippen molar-refractivity contribution >= 4 is 25.7 Å². The third-order valence-corrected chi connectivity index (χ3v) is 6.38. The summed E-state index contributed by atoms with van der Waals surface area (Å²) < 4.78 is 25.9. The van der Waals surface area contributed by atoms with Gasteiger partial charge in [-0.25, -0.2) is 9.36 Å². The lowest BCUT2D eigenvalue weighted by molar-refractivity contribution is -0.147. The maximum Gasteiger partial charge on any atom is 0.472 e. The Balaban J connectivity index is 3.77. The van der Waals surface area contributed by atoms with Crippen molar-refractivity contribution in [2.75, 3.05) is 19.8 Å². The molecule has 0 saturated heterocycles. The Morgan fingerprint density at radius 2 is 1.28 bits per heavy atom. The Labute approximate surface area is 214 Å². The molecule has 0 spiro atoms. The van der Waals surface area contributed by atoms with E-state index >= 15 is 0 Å². The molecule has 0 radical (unpaired) electrons. The van der Waals surface area contributed by atoms with Gasteiger partial charge in [-0.3, -0.25) is 18.6 Å². The molecule has 0 aromatic carbocycles. The van der Waals surface area contributed by atoms with Gasteiger partial charge in [0.25, 0.3) is 0 Å². The number of carbonyl (C=O) groups excluding carboxylic acids is 2. The van der Waals surface area contributed by atoms with E-state index in [1.807, 2.05) is 5.32 Å². The SMILES string of the molecule is CCCCCCCCCCCCCCCC(=O)OCC(O)COP(=O)(O)OCC(NC(C)=O)C(=O)O. The van der Waals surface area contributed by atoms with E-state index in [2.05, 4.69) is 16.0 Å². The summed E-state index contributed by atoms with van der Waals surface area (Å²) in [4.78, 5) is 43.3. The first-order valence-corrected chi connectivity index (χ1v) is 14.5. The van der Waals surface area contributed by atoms with Crippen LogP contribution in [-0.2, 0) is 32.7 Å². The molecule has 0 fully saturated rings. The number of phosphoric ester groups is 1. The first-order chi connectivity index (χ1) is 17.1. The summed E-state index contributed by atoms with van der Waals surface area (Å²) >= 11 is 0. The van der Waals surface area contributed by atoms with Crippen LogP contribution in [0, 0.1) is 0 Å². The van der Waals surface area contributed by atoms with Gasteiger partial charge < -0.3 is 25.2 Å². The number of aliphatic hydroxyl groups excluding tert-OH is 1. The van der Waals surface area contributed by atoms with Gasteiger partial charge in [0.2, 0.25) is 5.91 Å². The first-order valence-electron chi connectivity index (χ1n) is 13.0. The molecule has 3 atom stereocenters. The van der Waals surface area contributed by atoms with Crippen LogP contribution in [0.2, 0.25) is 0 Å². The zero-order valence-corrected chi connectivity index (χ0v) is 22.7. The van der Waals surface area contributed by atoms with E-state index in [1.165, 1.54) is 57.8 Å². The van der Waals surface area contributed by atoms with Crippen molar-refractivity contribution in [3.8, 4) is 0 Å². The zero-order valence-electron chi connectivity index (χ0n) is 21.8. The average Bonchev–Trinajstić information content (AvgIpc) is 2.81. The third-order valence-electron chi connectivity index (χ3n) is 5.43. The second kappa shape index (κ2) is 21.6. The summed E-state index contributed by atoms with van der Waals surface area (Å²) in [5.74, 6) is -2.59. The highest BCUT2D eigenvalue weighted by molar-refractivity contribution is 7.47. The van der Waals surface area contributed by atoms with Gasteiger partial charge in [-0.05, 0) is 6.42 Å². The fraction of sp³-hybridized carbons (Fsp3) is 0.875. The van der Waals surface area contributed by atoms with Crippen LogP contribution in [0.1, 0.15) is 104 Å². The number of aliphatic hydroxyl groups is 1. The van der Waals surface area contributed by atoms with Gasteiger partial charge in [-0.2, -0.15) is 0 Å². The molecule has 0 aliphatic heterocycles. The standard InChI is InChI=1S/C24H46NO10P/c1-3-4-5-6-7-8-9-10-11-12-13-14-15-16-23(28)33-17-21(27)18-34-36(31,32)35-19-22(24(29)30)25-20(2)26/h21-22,27H,3-19H2,1-2H3,(H,25,26)(H,29,30)(H,31,32). The lowest BCUT2D eigenvalue weighted by Gasteiger charge is -2.18. The number of hydrogen-bond donors (Lipinski definition) is 4. The maximum absolute atomic E-state index is 11.8. The van der Waals surface area contributed by atoms with Gasteiger partial charge in [0.15, 0.2) is 6.04 Å². The number of carbonyl (C=O) groups is 3. The maximum atomic E-state index is 11.8. The lowest BCUT2D eigenvalue weighted by atomic mass is 10.0. The Morgan fingerprint density at radius 3 is 1.75 bits per heavy atom. The van der Waals surface area contributed by atoms with E-state index in [9.17, 15) is 28.9 Å². The number of hydrogen-bond acceptors (Lipinski definition) is 8. The Bertz CT molecular complexity index is 661. The summed E-state index contributed by atoms with van der Waals surface area (Å²) in [6.45, 7) is 1.41. The lowest BCUT2D eigenvalue weighted by Crippen LogP contribution is -2.42. The molecule has 0 aromatic heterocycles. The molecule has 0 heterocycles. The molecule has 212 valence electrons. The Morgan fingerprint density at radius 1 is 0.806 bits per heavy atom. The van der Waals surface area contributed by atoms with Gasteiger partial charge >= 0.3 is 19.8 Å². The van der Waals surface area contributed by atoms with E-state index in [4.69, 9.17) is 9.84 Å². The minimum Gasteiger partial charge on any atom is -0.480 e. The molecule has 0 bridgehead atoms. The van der Waals surface area contributed by atoms with Crippen molar-refractivity contribution in [2.24, 2.45) is 0 Å². The van der Waals surface area contributed by atoms with E-state index in [0.717, 1.165) is 26.2 Å². The van der Waals surface area contributed by atoms with Crippen LogP contribution in [0.25, 0.3) is 0 Å². The average molecular weight is 540 g/mol. The van der Waals surface area contributed by atoms with Gasteiger partial charge in [-0.15, -0.1) is 0 Å². The number of esters is 1. The smallest absolute Gasteiger partial charge is 0.472 e. The number of phosphoric acid groups is 1. The fourth-order valence-electron chi connectivity index (χ4n) is 3.40. The highest BCUT2D eigenvalue weighted by atomic mass is 31.2. The molecular formula is C24H46NO10P. The summed E-state index contributed by atoms with van der Waals surface area (Å²) in [5.41, 5.74) is 0. The molecule has 4 N–H and O–H groups in total. The monoisotopic (exact) mass is 539 g/mol. The van der Waals surface area contributed by atoms with Crippen molar-refractivity contribution in [3.63, 3.8) is 0 Å². The number of amides is 1. The predicted octanol–water partition coefficient (Wildman–Crippen LogP) is 4.09. The largest absolute Gasteiger partial charge is 0.480 e. The van der Waals surface area contributed by atoms with E-state index in [-0.39, 0.29) is 6.42 Å². The highest BCUT2D eigenvalue weighted by Crippen LogP contribution is 2.43. The van der Waals surface area contributed by atoms with Crippen LogP contribution >= 0.6 is 7.82 Å². The van der Waals surface area contributed by atoms with Crippen molar-refractivity contribution in [3.05, 3.63) is 0 Å². The van der Waals surface area contributed by atoms with E-state index < -0.39 is 57.6 Å². The molecule has 0 aromatic rings. The van der Waals surface area contributed by atoms with Gasteiger partial charge in [0.05, 0.1) is 13.2 Å². The topological polar surface area (TPSA) is 169 Å². The molecule has 11 nitrogen and oxygen atoms in total. The molecular weight excluding hydrogens is 493 g/mol. The first kappa shape index (κ1) is 34.5. The molecule has 36 heavy (non-hydrogen) atoms. The Hall–Kier alpha value is -1.52. The Kier molecular flexibility index (Phi) is 20.6. The molecule has 12 heteroatoms. The number of ether oxygens (including phenoxy) is 1. The minimum atomic E-state index is -4.69. The number of unbranched alkanes of at least 4 members (excludes halogenated alkanes) is 12. The third kappa shape index (κ3) is 21.7. The number of nitrogens with one attached hydrogen (secondary N) is 1. The van der Waals surface area contributed by atoms with Crippen LogP contribution in [0.5, 0.6) is 0 Å². The number of rotatable bonds is 24. The number of aliphatic carboxylic acids is 1. The molecule has 0 aliphatic rings. The predicted molar refractivity (Wildman–Crippen MR) is 134 cm³/mol. The normalized spacial score (nSPS) is 14.6. The number of carboxylic acids is 1. The minimum absolute atomic E-state index is 0.229.